The van der Waals surface area contributed by atoms with Crippen molar-refractivity contribution in [3.63, 3.8) is 0 Å². The molecule has 1 aromatic carbocycles. The number of nitro benzene ring substituents is 1. The average molecular weight is 309 g/mol. The lowest BCUT2D eigenvalue weighted by Crippen LogP contribution is -2.11. The Bertz CT molecular complexity index is 664. The van der Waals surface area contributed by atoms with E-state index in [1.54, 1.807) is 11.3 Å². The van der Waals surface area contributed by atoms with E-state index in [9.17, 15) is 14.5 Å². The summed E-state index contributed by atoms with van der Waals surface area (Å²) in [6, 6.07) is 3.35. The number of halogens is 1. The van der Waals surface area contributed by atoms with Crippen molar-refractivity contribution < 1.29 is 9.31 Å². The van der Waals surface area contributed by atoms with Crippen molar-refractivity contribution in [3.8, 4) is 0 Å². The Morgan fingerprint density at radius 1 is 1.43 bits per heavy atom. The zero-order valence-electron chi connectivity index (χ0n) is 12.0. The molecule has 0 radical (unpaired) electrons. The van der Waals surface area contributed by atoms with Crippen molar-refractivity contribution in [2.75, 3.05) is 5.32 Å². The Kier molecular flexibility index (Phi) is 4.22. The molecule has 112 valence electrons. The van der Waals surface area contributed by atoms with Gasteiger partial charge in [0.1, 0.15) is 11.5 Å². The number of nitro groups is 1. The highest BCUT2D eigenvalue weighted by atomic mass is 32.1. The van der Waals surface area contributed by atoms with Crippen molar-refractivity contribution >= 4 is 22.7 Å². The van der Waals surface area contributed by atoms with Gasteiger partial charge in [0, 0.05) is 22.9 Å². The summed E-state index contributed by atoms with van der Waals surface area (Å²) in [5.74, 6) is -0.517. The van der Waals surface area contributed by atoms with Crippen LogP contribution in [0, 0.1) is 15.9 Å². The van der Waals surface area contributed by atoms with Crippen LogP contribution in [-0.4, -0.2) is 9.91 Å². The van der Waals surface area contributed by atoms with Gasteiger partial charge in [-0.25, -0.2) is 9.37 Å². The second-order valence-corrected chi connectivity index (χ2v) is 6.52. The van der Waals surface area contributed by atoms with Crippen molar-refractivity contribution in [1.29, 1.82) is 0 Å². The van der Waals surface area contributed by atoms with Crippen molar-refractivity contribution in [2.24, 2.45) is 0 Å². The van der Waals surface area contributed by atoms with Crippen LogP contribution in [0.1, 0.15) is 31.5 Å². The smallest absolute Gasteiger partial charge is 0.292 e. The molecule has 5 nitrogen and oxygen atoms in total. The molecule has 1 aromatic heterocycles. The fourth-order valence-corrected chi connectivity index (χ4v) is 2.63. The minimum Gasteiger partial charge on any atom is -0.374 e. The lowest BCUT2D eigenvalue weighted by molar-refractivity contribution is -0.384. The third-order valence-corrected chi connectivity index (χ3v) is 4.13. The largest absolute Gasteiger partial charge is 0.374 e. The van der Waals surface area contributed by atoms with Crippen LogP contribution in [-0.2, 0) is 12.0 Å². The summed E-state index contributed by atoms with van der Waals surface area (Å²) < 4.78 is 13.2. The highest BCUT2D eigenvalue weighted by Gasteiger charge is 2.19. The first-order chi connectivity index (χ1) is 9.77. The van der Waals surface area contributed by atoms with Gasteiger partial charge >= 0.3 is 0 Å². The van der Waals surface area contributed by atoms with Crippen molar-refractivity contribution in [2.45, 2.75) is 32.7 Å². The minimum atomic E-state index is -0.538. The van der Waals surface area contributed by atoms with Gasteiger partial charge in [-0.3, -0.25) is 10.1 Å². The van der Waals surface area contributed by atoms with Crippen LogP contribution in [0.2, 0.25) is 0 Å². The van der Waals surface area contributed by atoms with Gasteiger partial charge in [-0.15, -0.1) is 11.3 Å². The fraction of sp³-hybridized carbons (Fsp3) is 0.357. The molecule has 0 amide bonds. The lowest BCUT2D eigenvalue weighted by atomic mass is 9.98. The molecule has 0 spiro atoms. The van der Waals surface area contributed by atoms with E-state index in [1.807, 2.05) is 5.38 Å². The quantitative estimate of drug-likeness (QED) is 0.682. The standard InChI is InChI=1S/C14H16FN3O2S/c1-14(2,3)13-17-10(8-21-13)7-16-11-6-9(15)4-5-12(11)18(19)20/h4-6,8,16H,7H2,1-3H3. The Labute approximate surface area is 126 Å². The molecule has 0 aliphatic heterocycles. The molecule has 0 saturated heterocycles. The van der Waals surface area contributed by atoms with Gasteiger partial charge in [0.05, 0.1) is 22.2 Å². The molecule has 0 fully saturated rings. The van der Waals surface area contributed by atoms with E-state index in [0.29, 0.717) is 6.54 Å². The zero-order chi connectivity index (χ0) is 15.6. The van der Waals surface area contributed by atoms with Crippen molar-refractivity contribution in [1.82, 2.24) is 4.98 Å². The first-order valence-electron chi connectivity index (χ1n) is 6.40. The fourth-order valence-electron chi connectivity index (χ4n) is 1.73. The Morgan fingerprint density at radius 2 is 2.14 bits per heavy atom. The highest BCUT2D eigenvalue weighted by molar-refractivity contribution is 7.09. The van der Waals surface area contributed by atoms with E-state index >= 15 is 0 Å². The predicted molar refractivity (Wildman–Crippen MR) is 81.2 cm³/mol. The third kappa shape index (κ3) is 3.75. The topological polar surface area (TPSA) is 68.1 Å². The molecule has 0 saturated carbocycles. The molecule has 0 aliphatic carbocycles. The summed E-state index contributed by atoms with van der Waals surface area (Å²) in [6.07, 6.45) is 0. The molecular weight excluding hydrogens is 293 g/mol. The number of hydrogen-bond acceptors (Lipinski definition) is 5. The molecule has 7 heteroatoms. The Morgan fingerprint density at radius 3 is 2.71 bits per heavy atom. The summed E-state index contributed by atoms with van der Waals surface area (Å²) in [5.41, 5.74) is 0.754. The number of benzene rings is 1. The number of nitrogens with one attached hydrogen (secondary N) is 1. The van der Waals surface area contributed by atoms with Crippen molar-refractivity contribution in [3.05, 3.63) is 50.2 Å². The molecule has 2 aromatic rings. The number of aromatic nitrogens is 1. The summed E-state index contributed by atoms with van der Waals surface area (Å²) in [6.45, 7) is 6.53. The number of thiazole rings is 1. The first kappa shape index (κ1) is 15.4. The van der Waals surface area contributed by atoms with Gasteiger partial charge in [0.2, 0.25) is 0 Å². The maximum atomic E-state index is 13.2. The molecule has 0 unspecified atom stereocenters. The lowest BCUT2D eigenvalue weighted by Gasteiger charge is -2.13. The van der Waals surface area contributed by atoms with E-state index in [-0.39, 0.29) is 16.8 Å². The summed E-state index contributed by atoms with van der Waals surface area (Å²) in [7, 11) is 0. The van der Waals surface area contributed by atoms with Crippen LogP contribution < -0.4 is 5.32 Å². The monoisotopic (exact) mass is 309 g/mol. The second-order valence-electron chi connectivity index (χ2n) is 5.67. The summed E-state index contributed by atoms with van der Waals surface area (Å²) in [4.78, 5) is 14.9. The molecule has 1 N–H and O–H groups in total. The molecule has 21 heavy (non-hydrogen) atoms. The molecule has 0 bridgehead atoms. The number of hydrogen-bond donors (Lipinski definition) is 1. The van der Waals surface area contributed by atoms with Gasteiger partial charge in [-0.1, -0.05) is 20.8 Å². The van der Waals surface area contributed by atoms with E-state index in [1.165, 1.54) is 0 Å². The molecule has 2 rings (SSSR count). The van der Waals surface area contributed by atoms with Crippen LogP contribution in [0.15, 0.2) is 23.6 Å². The maximum absolute atomic E-state index is 13.2. The van der Waals surface area contributed by atoms with E-state index in [2.05, 4.69) is 31.1 Å². The third-order valence-electron chi connectivity index (χ3n) is 2.81. The SMILES string of the molecule is CC(C)(C)c1nc(CNc2cc(F)ccc2[N+](=O)[O-])cs1. The summed E-state index contributed by atoms with van der Waals surface area (Å²) in [5, 5.41) is 16.7. The van der Waals surface area contributed by atoms with Crippen LogP contribution in [0.5, 0.6) is 0 Å². The van der Waals surface area contributed by atoms with Crippen LogP contribution in [0.3, 0.4) is 0 Å². The number of nitrogens with zero attached hydrogens (tertiary/aromatic N) is 2. The Balaban J connectivity index is 2.15. The summed E-state index contributed by atoms with van der Waals surface area (Å²) >= 11 is 1.55. The van der Waals surface area contributed by atoms with E-state index < -0.39 is 10.7 Å². The zero-order valence-corrected chi connectivity index (χ0v) is 12.8. The maximum Gasteiger partial charge on any atom is 0.292 e. The molecular formula is C14H16FN3O2S. The van der Waals surface area contributed by atoms with Gasteiger partial charge in [-0.05, 0) is 6.07 Å². The second kappa shape index (κ2) is 5.77. The first-order valence-corrected chi connectivity index (χ1v) is 7.28. The average Bonchev–Trinajstić information content (AvgIpc) is 2.84. The normalized spacial score (nSPS) is 11.4. The Hall–Kier alpha value is -2.02. The number of anilines is 1. The minimum absolute atomic E-state index is 0.0340. The van der Waals surface area contributed by atoms with Gasteiger partial charge in [0.15, 0.2) is 0 Å². The van der Waals surface area contributed by atoms with Gasteiger partial charge in [0.25, 0.3) is 5.69 Å². The van der Waals surface area contributed by atoms with Crippen LogP contribution >= 0.6 is 11.3 Å². The molecule has 0 atom stereocenters. The van der Waals surface area contributed by atoms with E-state index in [4.69, 9.17) is 0 Å². The van der Waals surface area contributed by atoms with E-state index in [0.717, 1.165) is 28.9 Å². The van der Waals surface area contributed by atoms with Crippen LogP contribution in [0.4, 0.5) is 15.8 Å². The van der Waals surface area contributed by atoms with Crippen LogP contribution in [0.25, 0.3) is 0 Å². The highest BCUT2D eigenvalue weighted by Crippen LogP contribution is 2.28. The predicted octanol–water partition coefficient (Wildman–Crippen LogP) is 4.10. The molecule has 0 aliphatic rings. The van der Waals surface area contributed by atoms with Gasteiger partial charge in [-0.2, -0.15) is 0 Å². The van der Waals surface area contributed by atoms with Gasteiger partial charge < -0.3 is 5.32 Å². The molecule has 1 heterocycles. The number of rotatable bonds is 4.